The molecule has 1 aromatic heterocycles. The fourth-order valence-electron chi connectivity index (χ4n) is 4.32. The number of nitrogens with zero attached hydrogens (tertiary/aromatic N) is 4. The van der Waals surface area contributed by atoms with Gasteiger partial charge in [-0.25, -0.2) is 23.7 Å². The van der Waals surface area contributed by atoms with Crippen LogP contribution < -0.4 is 16.4 Å². The van der Waals surface area contributed by atoms with E-state index in [9.17, 15) is 18.4 Å². The van der Waals surface area contributed by atoms with E-state index in [4.69, 9.17) is 11.5 Å². The van der Waals surface area contributed by atoms with Crippen molar-refractivity contribution >= 4 is 34.4 Å². The molecule has 0 radical (unpaired) electrons. The first-order valence-electron chi connectivity index (χ1n) is 11.8. The van der Waals surface area contributed by atoms with Gasteiger partial charge in [0.15, 0.2) is 0 Å². The number of piperidine rings is 1. The zero-order chi connectivity index (χ0) is 26.0. The molecule has 10 heteroatoms. The predicted molar refractivity (Wildman–Crippen MR) is 134 cm³/mol. The second-order valence-corrected chi connectivity index (χ2v) is 9.29. The lowest BCUT2D eigenvalue weighted by molar-refractivity contribution is -0.122. The number of carbonyl (C=O) groups excluding carboxylic acids is 2. The highest BCUT2D eigenvalue weighted by Gasteiger charge is 2.27. The van der Waals surface area contributed by atoms with E-state index in [2.05, 4.69) is 15.0 Å². The third-order valence-electron chi connectivity index (χ3n) is 6.39. The van der Waals surface area contributed by atoms with E-state index < -0.39 is 17.5 Å². The number of aromatic nitrogens is 2. The molecule has 188 valence electrons. The van der Waals surface area contributed by atoms with E-state index in [0.29, 0.717) is 59.6 Å². The van der Waals surface area contributed by atoms with Gasteiger partial charge in [-0.2, -0.15) is 0 Å². The lowest BCUT2D eigenvalue weighted by Crippen LogP contribution is -2.37. The van der Waals surface area contributed by atoms with Gasteiger partial charge in [-0.15, -0.1) is 0 Å². The molecule has 0 saturated carbocycles. The molecule has 1 aliphatic rings. The first kappa shape index (κ1) is 25.2. The smallest absolute Gasteiger partial charge is 0.250 e. The molecule has 0 aliphatic carbocycles. The second-order valence-electron chi connectivity index (χ2n) is 9.29. The summed E-state index contributed by atoms with van der Waals surface area (Å²) in [5.41, 5.74) is 12.5. The number of halogens is 2. The van der Waals surface area contributed by atoms with Gasteiger partial charge < -0.3 is 16.4 Å². The minimum atomic E-state index is -0.643. The van der Waals surface area contributed by atoms with E-state index in [0.717, 1.165) is 0 Å². The first-order chi connectivity index (χ1) is 17.1. The molecule has 0 unspecified atom stereocenters. The van der Waals surface area contributed by atoms with Crippen molar-refractivity contribution in [2.45, 2.75) is 33.1 Å². The van der Waals surface area contributed by atoms with Crippen molar-refractivity contribution in [1.29, 1.82) is 0 Å². The Morgan fingerprint density at radius 2 is 1.83 bits per heavy atom. The monoisotopic (exact) mass is 494 g/mol. The number of nitrogens with two attached hydrogens (primary N) is 2. The highest BCUT2D eigenvalue weighted by Crippen LogP contribution is 2.34. The van der Waals surface area contributed by atoms with Crippen LogP contribution >= 0.6 is 0 Å². The van der Waals surface area contributed by atoms with Crippen LogP contribution in [0.4, 0.5) is 14.6 Å². The van der Waals surface area contributed by atoms with Crippen LogP contribution in [0, 0.1) is 23.5 Å². The summed E-state index contributed by atoms with van der Waals surface area (Å²) in [4.78, 5) is 38.5. The molecule has 2 heterocycles. The van der Waals surface area contributed by atoms with Crippen LogP contribution in [-0.4, -0.2) is 40.7 Å². The zero-order valence-corrected chi connectivity index (χ0v) is 20.2. The first-order valence-corrected chi connectivity index (χ1v) is 11.8. The van der Waals surface area contributed by atoms with E-state index in [1.807, 2.05) is 18.7 Å². The average Bonchev–Trinajstić information content (AvgIpc) is 2.84. The molecule has 4 rings (SSSR count). The molecule has 0 bridgehead atoms. The Kier molecular flexibility index (Phi) is 7.23. The van der Waals surface area contributed by atoms with Crippen molar-refractivity contribution in [3.63, 3.8) is 0 Å². The van der Waals surface area contributed by atoms with E-state index in [1.54, 1.807) is 6.07 Å². The number of primary amides is 1. The van der Waals surface area contributed by atoms with Crippen molar-refractivity contribution in [1.82, 2.24) is 9.97 Å². The predicted octanol–water partition coefficient (Wildman–Crippen LogP) is 3.36. The summed E-state index contributed by atoms with van der Waals surface area (Å²) in [6.45, 7) is 4.82. The standard InChI is InChI=1S/C26H28F2N6O2/c1-14(2)24(30)33-26(36)15-5-7-34(8-6-15)25-20-12-18(27)11-19(23(20)31-13-32-25)16-3-4-17(10-22(29)35)21(28)9-16/h3-4,9,11-15H,5-8,10H2,1-2H3,(H2,29,35)(H2,30,33,36). The highest BCUT2D eigenvalue weighted by molar-refractivity contribution is 5.99. The maximum absolute atomic E-state index is 14.7. The minimum Gasteiger partial charge on any atom is -0.387 e. The van der Waals surface area contributed by atoms with Gasteiger partial charge >= 0.3 is 0 Å². The molecule has 0 atom stereocenters. The van der Waals surface area contributed by atoms with Crippen molar-refractivity contribution in [3.8, 4) is 11.1 Å². The second kappa shape index (κ2) is 10.3. The molecule has 0 spiro atoms. The number of aliphatic imine (C=N–C) groups is 1. The summed E-state index contributed by atoms with van der Waals surface area (Å²) in [6.07, 6.45) is 2.29. The maximum atomic E-state index is 14.7. The van der Waals surface area contributed by atoms with Gasteiger partial charge in [-0.1, -0.05) is 26.0 Å². The van der Waals surface area contributed by atoms with Crippen LogP contribution in [0.15, 0.2) is 41.7 Å². The number of amides is 2. The average molecular weight is 495 g/mol. The molecule has 2 amide bonds. The van der Waals surface area contributed by atoms with Gasteiger partial charge in [0.2, 0.25) is 5.91 Å². The van der Waals surface area contributed by atoms with Crippen LogP contribution in [0.3, 0.4) is 0 Å². The normalized spacial score (nSPS) is 15.0. The number of fused-ring (bicyclic) bond motifs is 1. The van der Waals surface area contributed by atoms with Gasteiger partial charge in [-0.05, 0) is 42.2 Å². The number of hydrogen-bond donors (Lipinski definition) is 2. The Morgan fingerprint density at radius 3 is 2.47 bits per heavy atom. The Labute approximate surface area is 207 Å². The van der Waals surface area contributed by atoms with Crippen LogP contribution in [0.5, 0.6) is 0 Å². The molecule has 8 nitrogen and oxygen atoms in total. The van der Waals surface area contributed by atoms with Crippen molar-refractivity contribution in [2.75, 3.05) is 18.0 Å². The van der Waals surface area contributed by atoms with Gasteiger partial charge in [0.1, 0.15) is 29.6 Å². The largest absolute Gasteiger partial charge is 0.387 e. The lowest BCUT2D eigenvalue weighted by atomic mass is 9.95. The summed E-state index contributed by atoms with van der Waals surface area (Å²) in [6, 6.07) is 6.97. The molecular weight excluding hydrogens is 466 g/mol. The maximum Gasteiger partial charge on any atom is 0.250 e. The molecule has 1 fully saturated rings. The van der Waals surface area contributed by atoms with Crippen LogP contribution in [0.2, 0.25) is 0 Å². The Bertz CT molecular complexity index is 1350. The molecule has 3 aromatic rings. The van der Waals surface area contributed by atoms with E-state index in [1.165, 1.54) is 30.6 Å². The lowest BCUT2D eigenvalue weighted by Gasteiger charge is -2.32. The number of carbonyl (C=O) groups is 2. The van der Waals surface area contributed by atoms with Crippen molar-refractivity contribution in [2.24, 2.45) is 28.3 Å². The van der Waals surface area contributed by atoms with E-state index in [-0.39, 0.29) is 29.7 Å². The SMILES string of the molecule is CC(C)C(N)=NC(=O)C1CCN(c2ncnc3c(-c4ccc(CC(N)=O)c(F)c4)cc(F)cc23)CC1. The minimum absolute atomic E-state index is 0.00153. The van der Waals surface area contributed by atoms with Crippen molar-refractivity contribution < 1.29 is 18.4 Å². The summed E-state index contributed by atoms with van der Waals surface area (Å²) < 4.78 is 29.3. The number of hydrogen-bond acceptors (Lipinski definition) is 5. The van der Waals surface area contributed by atoms with Gasteiger partial charge in [0.05, 0.1) is 11.9 Å². The quantitative estimate of drug-likeness (QED) is 0.400. The molecule has 1 aliphatic heterocycles. The summed E-state index contributed by atoms with van der Waals surface area (Å²) in [7, 11) is 0. The summed E-state index contributed by atoms with van der Waals surface area (Å²) in [5, 5.41) is 0.487. The molecule has 2 aromatic carbocycles. The number of amidine groups is 1. The molecule has 36 heavy (non-hydrogen) atoms. The topological polar surface area (TPSA) is 128 Å². The van der Waals surface area contributed by atoms with Crippen LogP contribution in [0.1, 0.15) is 32.3 Å². The molecule has 4 N–H and O–H groups in total. The highest BCUT2D eigenvalue weighted by atomic mass is 19.1. The fourth-order valence-corrected chi connectivity index (χ4v) is 4.32. The van der Waals surface area contributed by atoms with Gasteiger partial charge in [0.25, 0.3) is 5.91 Å². The molecular formula is C26H28F2N6O2. The fraction of sp³-hybridized carbons (Fsp3) is 0.346. The zero-order valence-electron chi connectivity index (χ0n) is 20.2. The third kappa shape index (κ3) is 5.32. The number of anilines is 1. The number of rotatable bonds is 6. The van der Waals surface area contributed by atoms with Gasteiger partial charge in [0, 0.05) is 35.9 Å². The van der Waals surface area contributed by atoms with Crippen LogP contribution in [0.25, 0.3) is 22.0 Å². The Morgan fingerprint density at radius 1 is 1.11 bits per heavy atom. The van der Waals surface area contributed by atoms with Crippen LogP contribution in [-0.2, 0) is 16.0 Å². The van der Waals surface area contributed by atoms with Gasteiger partial charge in [-0.3, -0.25) is 9.59 Å². The third-order valence-corrected chi connectivity index (χ3v) is 6.39. The summed E-state index contributed by atoms with van der Waals surface area (Å²) >= 11 is 0. The summed E-state index contributed by atoms with van der Waals surface area (Å²) in [5.74, 6) is -1.35. The Hall–Kier alpha value is -3.95. The van der Waals surface area contributed by atoms with E-state index >= 15 is 0 Å². The van der Waals surface area contributed by atoms with Crippen molar-refractivity contribution in [3.05, 3.63) is 53.9 Å². The molecule has 1 saturated heterocycles. The number of benzene rings is 2. The Balaban J connectivity index is 1.63.